The molecule has 0 saturated carbocycles. The molecule has 0 spiro atoms. The van der Waals surface area contributed by atoms with Gasteiger partial charge in [0.2, 0.25) is 10.1 Å². The topological polar surface area (TPSA) is 127 Å². The third-order valence-corrected chi connectivity index (χ3v) is 4.55. The lowest BCUT2D eigenvalue weighted by Crippen LogP contribution is -2.13. The van der Waals surface area contributed by atoms with Crippen LogP contribution in [0.4, 0.5) is 24.0 Å². The number of carbonyl (C=O) groups excluding carboxylic acids is 1. The van der Waals surface area contributed by atoms with Crippen LogP contribution in [0.25, 0.3) is 11.8 Å². The first-order valence-corrected chi connectivity index (χ1v) is 8.76. The zero-order valence-corrected chi connectivity index (χ0v) is 15.4. The average Bonchev–Trinajstić information content (AvgIpc) is 3.35. The summed E-state index contributed by atoms with van der Waals surface area (Å²) in [6.07, 6.45) is -1.86. The van der Waals surface area contributed by atoms with Crippen molar-refractivity contribution in [1.29, 1.82) is 5.26 Å². The molecule has 0 fully saturated rings. The summed E-state index contributed by atoms with van der Waals surface area (Å²) in [4.78, 5) is 22.5. The van der Waals surface area contributed by atoms with Crippen LogP contribution in [0.15, 0.2) is 48.2 Å². The van der Waals surface area contributed by atoms with E-state index in [1.165, 1.54) is 30.3 Å². The summed E-state index contributed by atoms with van der Waals surface area (Å²) in [6, 6.07) is 10.5. The van der Waals surface area contributed by atoms with E-state index in [1.807, 2.05) is 0 Å². The summed E-state index contributed by atoms with van der Waals surface area (Å²) in [6.45, 7) is 0. The molecule has 2 aromatic heterocycles. The number of hydrogen-bond acceptors (Lipinski definition) is 7. The van der Waals surface area contributed by atoms with Gasteiger partial charge in [0.05, 0.1) is 4.92 Å². The molecule has 0 unspecified atom stereocenters. The van der Waals surface area contributed by atoms with Crippen molar-refractivity contribution in [3.63, 3.8) is 0 Å². The van der Waals surface area contributed by atoms with Crippen LogP contribution in [0.3, 0.4) is 0 Å². The quantitative estimate of drug-likeness (QED) is 0.282. The minimum atomic E-state index is -4.69. The highest BCUT2D eigenvalue weighted by Crippen LogP contribution is 2.33. The number of halogens is 3. The van der Waals surface area contributed by atoms with Gasteiger partial charge >= 0.3 is 6.18 Å². The van der Waals surface area contributed by atoms with Crippen molar-refractivity contribution < 1.29 is 22.9 Å². The fraction of sp³-hybridized carbons (Fsp3) is 0.0588. The first-order valence-electron chi connectivity index (χ1n) is 7.95. The van der Waals surface area contributed by atoms with Gasteiger partial charge in [-0.2, -0.15) is 18.4 Å². The van der Waals surface area contributed by atoms with Crippen molar-refractivity contribution in [3.8, 4) is 11.8 Å². The van der Waals surface area contributed by atoms with E-state index in [4.69, 9.17) is 0 Å². The molecule has 152 valence electrons. The Morgan fingerprint density at radius 3 is 2.53 bits per heavy atom. The molecular weight excluding hydrogens is 425 g/mol. The number of carbonyl (C=O) groups is 1. The third kappa shape index (κ3) is 4.50. The molecule has 0 aliphatic carbocycles. The van der Waals surface area contributed by atoms with Gasteiger partial charge in [0.1, 0.15) is 11.6 Å². The molecule has 1 amide bonds. The molecule has 0 atom stereocenters. The lowest BCUT2D eigenvalue weighted by atomic mass is 10.2. The first kappa shape index (κ1) is 20.7. The number of benzene rings is 1. The zero-order chi connectivity index (χ0) is 21.9. The van der Waals surface area contributed by atoms with Crippen LogP contribution < -0.4 is 5.32 Å². The number of nitro benzene ring substituents is 1. The summed E-state index contributed by atoms with van der Waals surface area (Å²) < 4.78 is 39.3. The Balaban J connectivity index is 1.84. The maximum absolute atomic E-state index is 12.6. The van der Waals surface area contributed by atoms with Gasteiger partial charge in [-0.1, -0.05) is 11.3 Å². The van der Waals surface area contributed by atoms with E-state index in [1.54, 1.807) is 29.0 Å². The van der Waals surface area contributed by atoms with Crippen molar-refractivity contribution in [2.45, 2.75) is 6.18 Å². The third-order valence-electron chi connectivity index (χ3n) is 3.66. The molecule has 1 N–H and O–H groups in total. The van der Waals surface area contributed by atoms with Crippen LogP contribution in [0.2, 0.25) is 0 Å². The number of aromatic nitrogens is 3. The van der Waals surface area contributed by atoms with Gasteiger partial charge in [-0.15, -0.1) is 10.2 Å². The molecule has 3 aromatic rings. The van der Waals surface area contributed by atoms with Crippen molar-refractivity contribution >= 4 is 34.1 Å². The molecule has 0 radical (unpaired) electrons. The maximum atomic E-state index is 12.6. The molecule has 30 heavy (non-hydrogen) atoms. The van der Waals surface area contributed by atoms with Crippen LogP contribution in [0, 0.1) is 21.4 Å². The Kier molecular flexibility index (Phi) is 5.61. The number of anilines is 1. The number of rotatable bonds is 5. The molecule has 2 heterocycles. The standard InChI is InChI=1S/C17H9F3N6O3S/c18-17(19,20)15-23-24-16(30-15)22-14(27)10(9-21)8-13-2-1-7-25(13)11-3-5-12(6-4-11)26(28)29/h1-8H,(H,22,24,27). The second kappa shape index (κ2) is 8.13. The monoisotopic (exact) mass is 434 g/mol. The molecule has 3 rings (SSSR count). The molecule has 13 heteroatoms. The van der Waals surface area contributed by atoms with Crippen molar-refractivity contribution in [2.75, 3.05) is 5.32 Å². The summed E-state index contributed by atoms with van der Waals surface area (Å²) in [5.74, 6) is -0.959. The maximum Gasteiger partial charge on any atom is 0.445 e. The van der Waals surface area contributed by atoms with Gasteiger partial charge in [-0.3, -0.25) is 20.2 Å². The lowest BCUT2D eigenvalue weighted by Gasteiger charge is -2.07. The highest BCUT2D eigenvalue weighted by Gasteiger charge is 2.35. The van der Waals surface area contributed by atoms with Crippen molar-refractivity contribution in [2.24, 2.45) is 0 Å². The van der Waals surface area contributed by atoms with Crippen LogP contribution in [-0.4, -0.2) is 25.6 Å². The van der Waals surface area contributed by atoms with Gasteiger partial charge < -0.3 is 4.57 Å². The molecular formula is C17H9F3N6O3S. The summed E-state index contributed by atoms with van der Waals surface area (Å²) in [7, 11) is 0. The van der Waals surface area contributed by atoms with E-state index in [2.05, 4.69) is 15.5 Å². The van der Waals surface area contributed by atoms with Crippen LogP contribution >= 0.6 is 11.3 Å². The van der Waals surface area contributed by atoms with Gasteiger partial charge in [-0.05, 0) is 30.3 Å². The van der Waals surface area contributed by atoms with Crippen molar-refractivity contribution in [1.82, 2.24) is 14.8 Å². The van der Waals surface area contributed by atoms with Crippen molar-refractivity contribution in [3.05, 3.63) is 69.0 Å². The number of nitrogens with zero attached hydrogens (tertiary/aromatic N) is 5. The fourth-order valence-electron chi connectivity index (χ4n) is 2.33. The van der Waals surface area contributed by atoms with Crippen LogP contribution in [-0.2, 0) is 11.0 Å². The first-order chi connectivity index (χ1) is 14.2. The number of alkyl halides is 3. The normalized spacial score (nSPS) is 11.7. The average molecular weight is 434 g/mol. The van der Waals surface area contributed by atoms with Gasteiger partial charge in [-0.25, -0.2) is 0 Å². The molecule has 0 bridgehead atoms. The second-order valence-electron chi connectivity index (χ2n) is 5.61. The van der Waals surface area contributed by atoms with Gasteiger partial charge in [0.25, 0.3) is 11.6 Å². The lowest BCUT2D eigenvalue weighted by molar-refractivity contribution is -0.384. The Labute approximate surface area is 169 Å². The van der Waals surface area contributed by atoms with E-state index in [0.717, 1.165) is 0 Å². The number of nitro groups is 1. The minimum Gasteiger partial charge on any atom is -0.317 e. The van der Waals surface area contributed by atoms with Crippen LogP contribution in [0.1, 0.15) is 10.7 Å². The smallest absolute Gasteiger partial charge is 0.317 e. The summed E-state index contributed by atoms with van der Waals surface area (Å²) in [5.41, 5.74) is 0.438. The van der Waals surface area contributed by atoms with Crippen LogP contribution in [0.5, 0.6) is 0 Å². The molecule has 0 aliphatic rings. The summed E-state index contributed by atoms with van der Waals surface area (Å²) in [5, 5.41) is 26.7. The predicted octanol–water partition coefficient (Wildman–Crippen LogP) is 3.80. The van der Waals surface area contributed by atoms with E-state index in [9.17, 15) is 33.3 Å². The van der Waals surface area contributed by atoms with E-state index in [-0.39, 0.29) is 22.6 Å². The van der Waals surface area contributed by atoms with E-state index >= 15 is 0 Å². The van der Waals surface area contributed by atoms with Gasteiger partial charge in [0, 0.05) is 29.7 Å². The van der Waals surface area contributed by atoms with Gasteiger partial charge in [0.15, 0.2) is 0 Å². The fourth-order valence-corrected chi connectivity index (χ4v) is 2.94. The highest BCUT2D eigenvalue weighted by atomic mass is 32.1. The number of amides is 1. The number of hydrogen-bond donors (Lipinski definition) is 1. The molecule has 1 aromatic carbocycles. The number of nitrogens with one attached hydrogen (secondary N) is 1. The van der Waals surface area contributed by atoms with E-state index < -0.39 is 27.1 Å². The molecule has 9 nitrogen and oxygen atoms in total. The Hall–Kier alpha value is -4.05. The molecule has 0 saturated heterocycles. The Morgan fingerprint density at radius 1 is 1.27 bits per heavy atom. The minimum absolute atomic E-state index is 0.102. The Morgan fingerprint density at radius 2 is 1.97 bits per heavy atom. The largest absolute Gasteiger partial charge is 0.445 e. The number of nitriles is 1. The predicted molar refractivity (Wildman–Crippen MR) is 99.6 cm³/mol. The Bertz CT molecular complexity index is 1170. The zero-order valence-electron chi connectivity index (χ0n) is 14.6. The van der Waals surface area contributed by atoms with E-state index in [0.29, 0.717) is 11.4 Å². The molecule has 0 aliphatic heterocycles. The highest BCUT2D eigenvalue weighted by molar-refractivity contribution is 7.15. The SMILES string of the molecule is N#CC(=Cc1cccn1-c1ccc([N+](=O)[O-])cc1)C(=O)Nc1nnc(C(F)(F)F)s1. The number of non-ortho nitro benzene ring substituents is 1. The second-order valence-corrected chi connectivity index (χ2v) is 6.59. The summed E-state index contributed by atoms with van der Waals surface area (Å²) >= 11 is 0.132.